The van der Waals surface area contributed by atoms with E-state index in [0.717, 1.165) is 66.6 Å². The van der Waals surface area contributed by atoms with Crippen molar-refractivity contribution >= 4 is 28.3 Å². The Labute approximate surface area is 186 Å². The van der Waals surface area contributed by atoms with Crippen molar-refractivity contribution in [2.75, 3.05) is 6.61 Å². The number of fused-ring (bicyclic) bond motifs is 1. The van der Waals surface area contributed by atoms with Crippen LogP contribution in [-0.4, -0.2) is 22.5 Å². The number of hydrogen-bond acceptors (Lipinski definition) is 6. The van der Waals surface area contributed by atoms with E-state index in [2.05, 4.69) is 10.7 Å². The van der Waals surface area contributed by atoms with Crippen molar-refractivity contribution < 1.29 is 13.9 Å². The Morgan fingerprint density at radius 1 is 1.19 bits per heavy atom. The van der Waals surface area contributed by atoms with Crippen molar-refractivity contribution in [3.63, 3.8) is 0 Å². The van der Waals surface area contributed by atoms with Crippen molar-refractivity contribution in [1.82, 2.24) is 15.3 Å². The molecular formula is C24H29N3O3S. The zero-order valence-electron chi connectivity index (χ0n) is 18.1. The van der Waals surface area contributed by atoms with Crippen molar-refractivity contribution in [3.05, 3.63) is 40.2 Å². The van der Waals surface area contributed by atoms with Gasteiger partial charge in [-0.3, -0.25) is 4.79 Å². The van der Waals surface area contributed by atoms with Gasteiger partial charge in [0.15, 0.2) is 11.5 Å². The number of carbonyl (C=O) groups excluding carboxylic acids is 1. The third-order valence-electron chi connectivity index (χ3n) is 6.39. The first kappa shape index (κ1) is 20.5. The van der Waals surface area contributed by atoms with E-state index in [-0.39, 0.29) is 11.9 Å². The minimum absolute atomic E-state index is 0.0255. The second-order valence-electron chi connectivity index (χ2n) is 9.02. The molecule has 0 spiro atoms. The fourth-order valence-electron chi connectivity index (χ4n) is 4.34. The molecule has 0 unspecified atom stereocenters. The van der Waals surface area contributed by atoms with Crippen LogP contribution in [0.3, 0.4) is 0 Å². The molecule has 0 saturated heterocycles. The number of carbonyl (C=O) groups is 1. The quantitative estimate of drug-likeness (QED) is 0.510. The maximum absolute atomic E-state index is 11.3. The van der Waals surface area contributed by atoms with Crippen LogP contribution in [-0.2, 0) is 4.79 Å². The van der Waals surface area contributed by atoms with Gasteiger partial charge in [-0.15, -0.1) is 11.3 Å². The summed E-state index contributed by atoms with van der Waals surface area (Å²) in [6, 6.07) is 5.93. The maximum Gasteiger partial charge on any atom is 0.217 e. The molecule has 6 nitrogen and oxygen atoms in total. The predicted molar refractivity (Wildman–Crippen MR) is 121 cm³/mol. The van der Waals surface area contributed by atoms with Gasteiger partial charge < -0.3 is 14.5 Å². The molecule has 1 amide bonds. The molecule has 2 heterocycles. The highest BCUT2D eigenvalue weighted by Gasteiger charge is 2.29. The lowest BCUT2D eigenvalue weighted by Gasteiger charge is -2.25. The van der Waals surface area contributed by atoms with Crippen molar-refractivity contribution in [1.29, 1.82) is 0 Å². The highest BCUT2D eigenvalue weighted by molar-refractivity contribution is 7.09. The summed E-state index contributed by atoms with van der Waals surface area (Å²) in [5.74, 6) is 3.27. The molecule has 31 heavy (non-hydrogen) atoms. The lowest BCUT2D eigenvalue weighted by molar-refractivity contribution is -0.119. The van der Waals surface area contributed by atoms with Crippen LogP contribution >= 0.6 is 11.3 Å². The molecule has 0 radical (unpaired) electrons. The molecule has 2 aliphatic rings. The van der Waals surface area contributed by atoms with E-state index in [1.165, 1.54) is 17.8 Å². The van der Waals surface area contributed by atoms with Crippen LogP contribution in [0.25, 0.3) is 11.1 Å². The van der Waals surface area contributed by atoms with Crippen LogP contribution in [0, 0.1) is 5.92 Å². The summed E-state index contributed by atoms with van der Waals surface area (Å²) >= 11 is 1.71. The van der Waals surface area contributed by atoms with E-state index >= 15 is 0 Å². The van der Waals surface area contributed by atoms with E-state index < -0.39 is 0 Å². The van der Waals surface area contributed by atoms with E-state index in [0.29, 0.717) is 11.8 Å². The summed E-state index contributed by atoms with van der Waals surface area (Å²) in [6.45, 7) is 4.32. The largest absolute Gasteiger partial charge is 0.493 e. The fourth-order valence-corrected chi connectivity index (χ4v) is 5.42. The molecule has 2 fully saturated rings. The lowest BCUT2D eigenvalue weighted by Crippen LogP contribution is -2.23. The minimum Gasteiger partial charge on any atom is -0.493 e. The van der Waals surface area contributed by atoms with Gasteiger partial charge in [-0.25, -0.2) is 9.97 Å². The number of hydrogen-bond donors (Lipinski definition) is 1. The molecule has 1 aromatic carbocycles. The Hall–Kier alpha value is -2.41. The number of amides is 1. The zero-order valence-corrected chi connectivity index (χ0v) is 18.9. The number of nitrogens with one attached hydrogen (secondary N) is 1. The van der Waals surface area contributed by atoms with Gasteiger partial charge in [0.1, 0.15) is 11.3 Å². The number of aromatic nitrogens is 2. The number of rotatable bonds is 7. The molecule has 1 atom stereocenters. The summed E-state index contributed by atoms with van der Waals surface area (Å²) in [7, 11) is 0. The molecule has 2 aliphatic carbocycles. The highest BCUT2D eigenvalue weighted by atomic mass is 32.1. The Bertz CT molecular complexity index is 1060. The van der Waals surface area contributed by atoms with Crippen LogP contribution in [0.2, 0.25) is 0 Å². The van der Waals surface area contributed by atoms with Gasteiger partial charge in [-0.2, -0.15) is 0 Å². The van der Waals surface area contributed by atoms with Gasteiger partial charge in [0.25, 0.3) is 0 Å². The third-order valence-corrected chi connectivity index (χ3v) is 7.41. The van der Waals surface area contributed by atoms with Crippen molar-refractivity contribution in [2.45, 2.75) is 70.3 Å². The number of thiazole rings is 1. The molecule has 0 aliphatic heterocycles. The smallest absolute Gasteiger partial charge is 0.217 e. The van der Waals surface area contributed by atoms with E-state index in [9.17, 15) is 4.79 Å². The fraction of sp³-hybridized carbons (Fsp3) is 0.542. The number of nitrogens with zero attached hydrogens (tertiary/aromatic N) is 2. The first-order chi connectivity index (χ1) is 15.0. The van der Waals surface area contributed by atoms with Gasteiger partial charge in [-0.1, -0.05) is 0 Å². The molecular weight excluding hydrogens is 410 g/mol. The monoisotopic (exact) mass is 439 g/mol. The summed E-state index contributed by atoms with van der Waals surface area (Å²) in [4.78, 5) is 20.9. The molecule has 7 heteroatoms. The summed E-state index contributed by atoms with van der Waals surface area (Å²) in [5.41, 5.74) is 2.69. The SMILES string of the molecule is CC(=O)N[C@@H](C)c1csc(C2CCC(c3nc4ccc(OCC5CC5)cc4o3)CC2)n1. The molecule has 164 valence electrons. The topological polar surface area (TPSA) is 77.2 Å². The maximum atomic E-state index is 11.3. The van der Waals surface area contributed by atoms with Crippen molar-refractivity contribution in [2.24, 2.45) is 5.92 Å². The minimum atomic E-state index is -0.0447. The second kappa shape index (κ2) is 8.61. The van der Waals surface area contributed by atoms with Gasteiger partial charge in [0, 0.05) is 30.2 Å². The standard InChI is InChI=1S/C24H29N3O3S/c1-14(25-15(2)28)21-13-31-24(27-21)18-7-5-17(6-8-18)23-26-20-10-9-19(11-22(20)30-23)29-12-16-3-4-16/h9-11,13-14,16-18H,3-8,12H2,1-2H3,(H,25,28)/t14-,17?,18?/m0/s1. The van der Waals surface area contributed by atoms with Gasteiger partial charge in [0.2, 0.25) is 5.91 Å². The first-order valence-corrected chi connectivity index (χ1v) is 12.2. The Balaban J connectivity index is 1.20. The Morgan fingerprint density at radius 2 is 1.97 bits per heavy atom. The zero-order chi connectivity index (χ0) is 21.4. The highest BCUT2D eigenvalue weighted by Crippen LogP contribution is 2.42. The Kier molecular flexibility index (Phi) is 5.69. The average Bonchev–Trinajstić information content (AvgIpc) is 3.29. The molecule has 2 aromatic heterocycles. The Morgan fingerprint density at radius 3 is 2.71 bits per heavy atom. The summed E-state index contributed by atoms with van der Waals surface area (Å²) in [6.07, 6.45) is 6.85. The van der Waals surface area contributed by atoms with Crippen LogP contribution in [0.4, 0.5) is 0 Å². The average molecular weight is 440 g/mol. The van der Waals surface area contributed by atoms with Crippen LogP contribution in [0.5, 0.6) is 5.75 Å². The normalized spacial score (nSPS) is 22.4. The van der Waals surface area contributed by atoms with E-state index in [1.807, 2.05) is 25.1 Å². The molecule has 3 aromatic rings. The van der Waals surface area contributed by atoms with Crippen LogP contribution in [0.15, 0.2) is 28.0 Å². The lowest BCUT2D eigenvalue weighted by atomic mass is 9.82. The van der Waals surface area contributed by atoms with Crippen molar-refractivity contribution in [3.8, 4) is 5.75 Å². The molecule has 2 saturated carbocycles. The summed E-state index contributed by atoms with van der Waals surface area (Å²) in [5, 5.41) is 6.17. The number of oxazole rings is 1. The second-order valence-corrected chi connectivity index (χ2v) is 9.91. The van der Waals surface area contributed by atoms with Gasteiger partial charge in [-0.05, 0) is 63.5 Å². The molecule has 5 rings (SSSR count). The summed E-state index contributed by atoms with van der Waals surface area (Å²) < 4.78 is 12.0. The first-order valence-electron chi connectivity index (χ1n) is 11.3. The predicted octanol–water partition coefficient (Wildman–Crippen LogP) is 5.71. The van der Waals surface area contributed by atoms with Gasteiger partial charge in [0.05, 0.1) is 23.4 Å². The van der Waals surface area contributed by atoms with E-state index in [1.54, 1.807) is 18.3 Å². The third kappa shape index (κ3) is 4.76. The van der Waals surface area contributed by atoms with Gasteiger partial charge >= 0.3 is 0 Å². The molecule has 0 bridgehead atoms. The number of ether oxygens (including phenoxy) is 1. The van der Waals surface area contributed by atoms with Crippen LogP contribution in [0.1, 0.15) is 86.8 Å². The van der Waals surface area contributed by atoms with E-state index in [4.69, 9.17) is 19.1 Å². The van der Waals surface area contributed by atoms with Crippen LogP contribution < -0.4 is 10.1 Å². The molecule has 1 N–H and O–H groups in total. The number of benzene rings is 1.